The number of carbonyl (C=O) groups is 2. The summed E-state index contributed by atoms with van der Waals surface area (Å²) in [5, 5.41) is 2.66. The predicted octanol–water partition coefficient (Wildman–Crippen LogP) is -0.563. The molecule has 0 saturated carbocycles. The molecular weight excluding hydrogens is 239 g/mol. The summed E-state index contributed by atoms with van der Waals surface area (Å²) >= 11 is 0. The summed E-state index contributed by atoms with van der Waals surface area (Å²) in [5.74, 6) is -2.06. The van der Waals surface area contributed by atoms with Gasteiger partial charge >= 0.3 is 12.1 Å². The van der Waals surface area contributed by atoms with Gasteiger partial charge in [0.25, 0.3) is 0 Å². The molecule has 0 aromatic rings. The number of nitrogens with one attached hydrogen (secondary N) is 1. The molecule has 1 rings (SSSR count). The van der Waals surface area contributed by atoms with E-state index in [1.54, 1.807) is 7.05 Å². The summed E-state index contributed by atoms with van der Waals surface area (Å²) in [6.07, 6.45) is -4.83. The van der Waals surface area contributed by atoms with Crippen LogP contribution in [-0.2, 0) is 9.59 Å². The Kier molecular flexibility index (Phi) is 3.97. The Labute approximate surface area is 96.5 Å². The van der Waals surface area contributed by atoms with Gasteiger partial charge in [0.05, 0.1) is 12.6 Å². The van der Waals surface area contributed by atoms with E-state index in [0.717, 1.165) is 0 Å². The standard InChI is InChI=1S/C9H14F3N3O2/c1-13-3-7(16)14(2)6-4-15(5-6)8(17)9(10,11)12/h6,13H,3-5H2,1-2H3. The Morgan fingerprint density at radius 1 is 1.41 bits per heavy atom. The SMILES string of the molecule is CNCC(=O)N(C)C1CN(C(=O)C(F)(F)F)C1. The molecule has 0 atom stereocenters. The van der Waals surface area contributed by atoms with E-state index in [-0.39, 0.29) is 31.6 Å². The minimum absolute atomic E-state index is 0.0652. The molecule has 1 aliphatic rings. The molecule has 0 bridgehead atoms. The molecule has 0 spiro atoms. The zero-order chi connectivity index (χ0) is 13.2. The summed E-state index contributed by atoms with van der Waals surface area (Å²) in [6.45, 7) is -0.00515. The fourth-order valence-corrected chi connectivity index (χ4v) is 1.52. The van der Waals surface area contributed by atoms with Gasteiger partial charge in [0, 0.05) is 20.1 Å². The van der Waals surface area contributed by atoms with Gasteiger partial charge in [-0.2, -0.15) is 13.2 Å². The highest BCUT2D eigenvalue weighted by Gasteiger charge is 2.47. The average Bonchev–Trinajstić information content (AvgIpc) is 2.13. The molecule has 0 radical (unpaired) electrons. The van der Waals surface area contributed by atoms with Crippen molar-refractivity contribution in [2.24, 2.45) is 0 Å². The number of likely N-dealkylation sites (tertiary alicyclic amines) is 1. The van der Waals surface area contributed by atoms with Crippen molar-refractivity contribution < 1.29 is 22.8 Å². The van der Waals surface area contributed by atoms with Gasteiger partial charge in [0.2, 0.25) is 5.91 Å². The number of likely N-dealkylation sites (N-methyl/N-ethyl adjacent to an activating group) is 2. The fraction of sp³-hybridized carbons (Fsp3) is 0.778. The molecule has 1 fully saturated rings. The molecule has 17 heavy (non-hydrogen) atoms. The van der Waals surface area contributed by atoms with Crippen molar-refractivity contribution in [2.75, 3.05) is 33.7 Å². The number of halogens is 3. The van der Waals surface area contributed by atoms with Crippen molar-refractivity contribution in [3.05, 3.63) is 0 Å². The van der Waals surface area contributed by atoms with Crippen LogP contribution in [0.1, 0.15) is 0 Å². The maximum absolute atomic E-state index is 12.0. The molecule has 0 aromatic carbocycles. The van der Waals surface area contributed by atoms with Crippen LogP contribution in [-0.4, -0.2) is 67.6 Å². The number of alkyl halides is 3. The van der Waals surface area contributed by atoms with E-state index < -0.39 is 12.1 Å². The van der Waals surface area contributed by atoms with Gasteiger partial charge in [-0.3, -0.25) is 9.59 Å². The molecule has 1 saturated heterocycles. The smallest absolute Gasteiger partial charge is 0.338 e. The van der Waals surface area contributed by atoms with Gasteiger partial charge < -0.3 is 15.1 Å². The molecule has 5 nitrogen and oxygen atoms in total. The highest BCUT2D eigenvalue weighted by Crippen LogP contribution is 2.23. The molecule has 0 aromatic heterocycles. The summed E-state index contributed by atoms with van der Waals surface area (Å²) in [4.78, 5) is 24.2. The zero-order valence-corrected chi connectivity index (χ0v) is 9.54. The van der Waals surface area contributed by atoms with E-state index >= 15 is 0 Å². The van der Waals surface area contributed by atoms with Crippen LogP contribution in [0.2, 0.25) is 0 Å². The third-order valence-corrected chi connectivity index (χ3v) is 2.66. The van der Waals surface area contributed by atoms with Gasteiger partial charge in [-0.15, -0.1) is 0 Å². The van der Waals surface area contributed by atoms with Crippen LogP contribution in [0, 0.1) is 0 Å². The molecule has 2 amide bonds. The molecule has 1 heterocycles. The monoisotopic (exact) mass is 253 g/mol. The van der Waals surface area contributed by atoms with Crippen molar-refractivity contribution in [1.29, 1.82) is 0 Å². The molecular formula is C9H14F3N3O2. The molecule has 0 aliphatic carbocycles. The Bertz CT molecular complexity index is 313. The van der Waals surface area contributed by atoms with Gasteiger partial charge in [-0.25, -0.2) is 0 Å². The van der Waals surface area contributed by atoms with Crippen LogP contribution in [0.3, 0.4) is 0 Å². The zero-order valence-electron chi connectivity index (χ0n) is 9.54. The van der Waals surface area contributed by atoms with E-state index in [1.807, 2.05) is 0 Å². The summed E-state index contributed by atoms with van der Waals surface area (Å²) in [5.41, 5.74) is 0. The summed E-state index contributed by atoms with van der Waals surface area (Å²) in [7, 11) is 3.12. The molecule has 1 N–H and O–H groups in total. The molecule has 98 valence electrons. The number of nitrogens with zero attached hydrogens (tertiary/aromatic N) is 2. The van der Waals surface area contributed by atoms with Crippen LogP contribution < -0.4 is 5.32 Å². The van der Waals surface area contributed by atoms with Crippen LogP contribution in [0.5, 0.6) is 0 Å². The normalized spacial score (nSPS) is 16.6. The van der Waals surface area contributed by atoms with E-state index in [9.17, 15) is 22.8 Å². The topological polar surface area (TPSA) is 52.7 Å². The predicted molar refractivity (Wildman–Crippen MR) is 53.1 cm³/mol. The van der Waals surface area contributed by atoms with Gasteiger partial charge in [-0.05, 0) is 7.05 Å². The quantitative estimate of drug-likeness (QED) is 0.733. The molecule has 1 aliphatic heterocycles. The summed E-state index contributed by atoms with van der Waals surface area (Å²) < 4.78 is 36.1. The van der Waals surface area contributed by atoms with E-state index in [0.29, 0.717) is 4.90 Å². The number of hydrogen-bond donors (Lipinski definition) is 1. The Morgan fingerprint density at radius 3 is 2.35 bits per heavy atom. The van der Waals surface area contributed by atoms with Crippen LogP contribution in [0.25, 0.3) is 0 Å². The molecule has 0 unspecified atom stereocenters. The highest BCUT2D eigenvalue weighted by molar-refractivity contribution is 5.83. The lowest BCUT2D eigenvalue weighted by molar-refractivity contribution is -0.192. The van der Waals surface area contributed by atoms with Crippen molar-refractivity contribution in [2.45, 2.75) is 12.2 Å². The van der Waals surface area contributed by atoms with Crippen molar-refractivity contribution in [3.63, 3.8) is 0 Å². The van der Waals surface area contributed by atoms with Crippen molar-refractivity contribution in [3.8, 4) is 0 Å². The second-order valence-corrected chi connectivity index (χ2v) is 3.90. The lowest BCUT2D eigenvalue weighted by atomic mass is 10.1. The first-order chi connectivity index (χ1) is 7.77. The third-order valence-electron chi connectivity index (χ3n) is 2.66. The first kappa shape index (κ1) is 13.8. The van der Waals surface area contributed by atoms with E-state index in [1.165, 1.54) is 11.9 Å². The van der Waals surface area contributed by atoms with Crippen molar-refractivity contribution in [1.82, 2.24) is 15.1 Å². The fourth-order valence-electron chi connectivity index (χ4n) is 1.52. The largest absolute Gasteiger partial charge is 0.471 e. The van der Waals surface area contributed by atoms with Crippen LogP contribution in [0.15, 0.2) is 0 Å². The summed E-state index contributed by atoms with van der Waals surface area (Å²) in [6, 6.07) is -0.331. The average molecular weight is 253 g/mol. The van der Waals surface area contributed by atoms with Crippen LogP contribution >= 0.6 is 0 Å². The van der Waals surface area contributed by atoms with E-state index in [4.69, 9.17) is 0 Å². The second-order valence-electron chi connectivity index (χ2n) is 3.90. The Balaban J connectivity index is 2.42. The van der Waals surface area contributed by atoms with Gasteiger partial charge in [0.1, 0.15) is 0 Å². The van der Waals surface area contributed by atoms with Gasteiger partial charge in [-0.1, -0.05) is 0 Å². The van der Waals surface area contributed by atoms with E-state index in [2.05, 4.69) is 5.32 Å². The number of rotatable bonds is 3. The number of carbonyl (C=O) groups excluding carboxylic acids is 2. The molecule has 8 heteroatoms. The van der Waals surface area contributed by atoms with Gasteiger partial charge in [0.15, 0.2) is 0 Å². The minimum atomic E-state index is -4.83. The Hall–Kier alpha value is -1.31. The Morgan fingerprint density at radius 2 is 1.94 bits per heavy atom. The first-order valence-electron chi connectivity index (χ1n) is 5.03. The number of amides is 2. The highest BCUT2D eigenvalue weighted by atomic mass is 19.4. The minimum Gasteiger partial charge on any atom is -0.338 e. The van der Waals surface area contributed by atoms with Crippen molar-refractivity contribution >= 4 is 11.8 Å². The lowest BCUT2D eigenvalue weighted by Crippen LogP contribution is -2.64. The maximum Gasteiger partial charge on any atom is 0.471 e. The van der Waals surface area contributed by atoms with Crippen LogP contribution in [0.4, 0.5) is 13.2 Å². The third kappa shape index (κ3) is 3.09. The number of hydrogen-bond acceptors (Lipinski definition) is 3. The first-order valence-corrected chi connectivity index (χ1v) is 5.03. The second kappa shape index (κ2) is 4.91. The maximum atomic E-state index is 12.0. The lowest BCUT2D eigenvalue weighted by Gasteiger charge is -2.43.